The summed E-state index contributed by atoms with van der Waals surface area (Å²) in [5.41, 5.74) is 0. The molecule has 0 spiro atoms. The highest BCUT2D eigenvalue weighted by Crippen LogP contribution is 1.89. The third-order valence-corrected chi connectivity index (χ3v) is 1.11. The molecule has 0 fully saturated rings. The van der Waals surface area contributed by atoms with Gasteiger partial charge < -0.3 is 14.8 Å². The van der Waals surface area contributed by atoms with E-state index < -0.39 is 0 Å². The lowest BCUT2D eigenvalue weighted by molar-refractivity contribution is -0.124. The summed E-state index contributed by atoms with van der Waals surface area (Å²) in [5.74, 6) is 0.389. The zero-order valence-corrected chi connectivity index (χ0v) is 7.55. The Morgan fingerprint density at radius 2 is 2.25 bits per heavy atom. The lowest BCUT2D eigenvalue weighted by atomic mass is 10.5. The van der Waals surface area contributed by atoms with Gasteiger partial charge in [0.25, 0.3) is 0 Å². The van der Waals surface area contributed by atoms with Crippen molar-refractivity contribution in [1.82, 2.24) is 5.32 Å². The number of carbonyl (C=O) groups excluding carboxylic acids is 1. The summed E-state index contributed by atoms with van der Waals surface area (Å²) in [5, 5.41) is 2.58. The molecule has 0 aromatic heterocycles. The van der Waals surface area contributed by atoms with Crippen LogP contribution in [0.3, 0.4) is 0 Å². The van der Waals surface area contributed by atoms with Crippen LogP contribution < -0.4 is 5.32 Å². The Hall–Kier alpha value is -1.03. The molecule has 0 rings (SSSR count). The van der Waals surface area contributed by atoms with Crippen LogP contribution in [0.4, 0.5) is 0 Å². The number of amides is 1. The van der Waals surface area contributed by atoms with Crippen molar-refractivity contribution in [3.8, 4) is 0 Å². The number of carbonyl (C=O) groups is 1. The SMILES string of the molecule is C=C(CNC(=O)COC)OCC. The predicted octanol–water partition coefficient (Wildman–Crippen LogP) is 0.299. The predicted molar refractivity (Wildman–Crippen MR) is 45.7 cm³/mol. The van der Waals surface area contributed by atoms with Crippen LogP contribution in [0, 0.1) is 0 Å². The molecule has 0 aliphatic rings. The highest BCUT2D eigenvalue weighted by molar-refractivity contribution is 5.77. The molecule has 0 aliphatic carbocycles. The van der Waals surface area contributed by atoms with E-state index in [0.29, 0.717) is 18.9 Å². The van der Waals surface area contributed by atoms with Crippen molar-refractivity contribution in [2.24, 2.45) is 0 Å². The first-order valence-corrected chi connectivity index (χ1v) is 3.77. The van der Waals surface area contributed by atoms with Gasteiger partial charge in [-0.25, -0.2) is 0 Å². The molecule has 0 radical (unpaired) electrons. The molecule has 1 amide bonds. The molecule has 70 valence electrons. The Morgan fingerprint density at radius 1 is 1.58 bits per heavy atom. The van der Waals surface area contributed by atoms with Gasteiger partial charge in [0.05, 0.1) is 13.2 Å². The van der Waals surface area contributed by atoms with Crippen molar-refractivity contribution in [3.05, 3.63) is 12.3 Å². The minimum Gasteiger partial charge on any atom is -0.497 e. The fraction of sp³-hybridized carbons (Fsp3) is 0.625. The van der Waals surface area contributed by atoms with Crippen LogP contribution in [0.25, 0.3) is 0 Å². The highest BCUT2D eigenvalue weighted by atomic mass is 16.5. The normalized spacial score (nSPS) is 9.17. The van der Waals surface area contributed by atoms with Gasteiger partial charge in [-0.1, -0.05) is 6.58 Å². The van der Waals surface area contributed by atoms with Gasteiger partial charge in [0.2, 0.25) is 5.91 Å². The van der Waals surface area contributed by atoms with Gasteiger partial charge in [0, 0.05) is 7.11 Å². The number of ether oxygens (including phenoxy) is 2. The fourth-order valence-corrected chi connectivity index (χ4v) is 0.634. The summed E-state index contributed by atoms with van der Waals surface area (Å²) in [4.78, 5) is 10.8. The van der Waals surface area contributed by atoms with Gasteiger partial charge >= 0.3 is 0 Å². The second-order valence-electron chi connectivity index (χ2n) is 2.18. The zero-order valence-electron chi connectivity index (χ0n) is 7.55. The van der Waals surface area contributed by atoms with E-state index in [9.17, 15) is 4.79 Å². The van der Waals surface area contributed by atoms with Gasteiger partial charge in [-0.15, -0.1) is 0 Å². The van der Waals surface area contributed by atoms with Crippen molar-refractivity contribution in [1.29, 1.82) is 0 Å². The summed E-state index contributed by atoms with van der Waals surface area (Å²) >= 11 is 0. The van der Waals surface area contributed by atoms with Crippen LogP contribution in [0.5, 0.6) is 0 Å². The highest BCUT2D eigenvalue weighted by Gasteiger charge is 1.99. The number of methoxy groups -OCH3 is 1. The van der Waals surface area contributed by atoms with E-state index in [1.807, 2.05) is 6.92 Å². The first-order chi connectivity index (χ1) is 5.70. The molecule has 0 aliphatic heterocycles. The molecule has 4 nitrogen and oxygen atoms in total. The molecule has 0 bridgehead atoms. The number of nitrogens with one attached hydrogen (secondary N) is 1. The molecule has 0 aromatic carbocycles. The van der Waals surface area contributed by atoms with Crippen molar-refractivity contribution in [3.63, 3.8) is 0 Å². The molecule has 0 atom stereocenters. The smallest absolute Gasteiger partial charge is 0.246 e. The van der Waals surface area contributed by atoms with E-state index in [4.69, 9.17) is 4.74 Å². The Kier molecular flexibility index (Phi) is 6.09. The summed E-state index contributed by atoms with van der Waals surface area (Å²) in [7, 11) is 1.47. The average Bonchev–Trinajstić information content (AvgIpc) is 2.02. The topological polar surface area (TPSA) is 47.6 Å². The molecule has 0 saturated carbocycles. The molecular weight excluding hydrogens is 158 g/mol. The van der Waals surface area contributed by atoms with Gasteiger partial charge in [0.15, 0.2) is 0 Å². The maximum Gasteiger partial charge on any atom is 0.246 e. The molecular formula is C8H15NO3. The van der Waals surface area contributed by atoms with Gasteiger partial charge in [0.1, 0.15) is 12.4 Å². The number of rotatable bonds is 6. The van der Waals surface area contributed by atoms with Crippen LogP contribution in [0.2, 0.25) is 0 Å². The van der Waals surface area contributed by atoms with E-state index in [0.717, 1.165) is 0 Å². The summed E-state index contributed by atoms with van der Waals surface area (Å²) in [6.07, 6.45) is 0. The number of hydrogen-bond donors (Lipinski definition) is 1. The van der Waals surface area contributed by atoms with E-state index in [2.05, 4.69) is 16.6 Å². The Morgan fingerprint density at radius 3 is 2.75 bits per heavy atom. The largest absolute Gasteiger partial charge is 0.497 e. The molecule has 0 heterocycles. The van der Waals surface area contributed by atoms with E-state index in [1.165, 1.54) is 7.11 Å². The third kappa shape index (κ3) is 5.73. The fourth-order valence-electron chi connectivity index (χ4n) is 0.634. The van der Waals surface area contributed by atoms with Crippen molar-refractivity contribution < 1.29 is 14.3 Å². The zero-order chi connectivity index (χ0) is 9.40. The standard InChI is InChI=1S/C8H15NO3/c1-4-12-7(2)5-9-8(10)6-11-3/h2,4-6H2,1,3H3,(H,9,10). The molecule has 12 heavy (non-hydrogen) atoms. The quantitative estimate of drug-likeness (QED) is 0.588. The lowest BCUT2D eigenvalue weighted by Crippen LogP contribution is -2.29. The second-order valence-corrected chi connectivity index (χ2v) is 2.18. The second kappa shape index (κ2) is 6.67. The van der Waals surface area contributed by atoms with Crippen LogP contribution in [0.15, 0.2) is 12.3 Å². The first-order valence-electron chi connectivity index (χ1n) is 3.77. The molecule has 0 unspecified atom stereocenters. The van der Waals surface area contributed by atoms with Gasteiger partial charge in [-0.2, -0.15) is 0 Å². The minimum atomic E-state index is -0.168. The van der Waals surface area contributed by atoms with Crippen LogP contribution >= 0.6 is 0 Å². The van der Waals surface area contributed by atoms with Crippen molar-refractivity contribution >= 4 is 5.91 Å². The monoisotopic (exact) mass is 173 g/mol. The van der Waals surface area contributed by atoms with Gasteiger partial charge in [-0.3, -0.25) is 4.79 Å². The Labute approximate surface area is 72.5 Å². The van der Waals surface area contributed by atoms with Crippen LogP contribution in [-0.4, -0.2) is 32.8 Å². The van der Waals surface area contributed by atoms with Crippen molar-refractivity contribution in [2.75, 3.05) is 26.9 Å². The molecule has 0 saturated heterocycles. The van der Waals surface area contributed by atoms with E-state index in [-0.39, 0.29) is 12.5 Å². The van der Waals surface area contributed by atoms with E-state index in [1.54, 1.807) is 0 Å². The third-order valence-electron chi connectivity index (χ3n) is 1.11. The number of hydrogen-bond acceptors (Lipinski definition) is 3. The summed E-state index contributed by atoms with van der Waals surface area (Å²) in [6, 6.07) is 0. The molecule has 0 aromatic rings. The summed E-state index contributed by atoms with van der Waals surface area (Å²) in [6.45, 7) is 6.44. The van der Waals surface area contributed by atoms with Crippen LogP contribution in [0.1, 0.15) is 6.92 Å². The summed E-state index contributed by atoms with van der Waals surface area (Å²) < 4.78 is 9.63. The Bertz CT molecular complexity index is 138. The van der Waals surface area contributed by atoms with Gasteiger partial charge in [-0.05, 0) is 6.92 Å². The average molecular weight is 173 g/mol. The first kappa shape index (κ1) is 11.0. The maximum atomic E-state index is 10.8. The van der Waals surface area contributed by atoms with E-state index >= 15 is 0 Å². The molecule has 4 heteroatoms. The maximum absolute atomic E-state index is 10.8. The Balaban J connectivity index is 3.40. The molecule has 1 N–H and O–H groups in total. The minimum absolute atomic E-state index is 0.0689. The van der Waals surface area contributed by atoms with Crippen LogP contribution in [-0.2, 0) is 14.3 Å². The lowest BCUT2D eigenvalue weighted by Gasteiger charge is -2.07. The van der Waals surface area contributed by atoms with Crippen molar-refractivity contribution in [2.45, 2.75) is 6.92 Å².